The summed E-state index contributed by atoms with van der Waals surface area (Å²) in [6.07, 6.45) is 3.55. The van der Waals surface area contributed by atoms with E-state index >= 15 is 0 Å². The van der Waals surface area contributed by atoms with E-state index in [1.807, 2.05) is 31.2 Å². The Morgan fingerprint density at radius 2 is 1.72 bits per heavy atom. The van der Waals surface area contributed by atoms with Crippen LogP contribution in [0, 0.1) is 6.92 Å². The Morgan fingerprint density at radius 3 is 2.41 bits per heavy atom. The van der Waals surface area contributed by atoms with Crippen LogP contribution in [0.1, 0.15) is 17.5 Å². The van der Waals surface area contributed by atoms with Crippen molar-refractivity contribution in [2.75, 3.05) is 11.8 Å². The number of aromatic nitrogens is 3. The normalized spacial score (nSPS) is 11.4. The Bertz CT molecular complexity index is 1360. The number of rotatable bonds is 7. The fourth-order valence-corrected chi connectivity index (χ4v) is 4.60. The minimum absolute atomic E-state index is 0.0966. The predicted molar refractivity (Wildman–Crippen MR) is 121 cm³/mol. The van der Waals surface area contributed by atoms with Gasteiger partial charge in [0.05, 0.1) is 17.5 Å². The first-order valence-corrected chi connectivity index (χ1v) is 11.4. The molecule has 0 amide bonds. The van der Waals surface area contributed by atoms with Gasteiger partial charge in [0.25, 0.3) is 10.0 Å². The Morgan fingerprint density at radius 1 is 1.03 bits per heavy atom. The average Bonchev–Trinajstić information content (AvgIpc) is 3.10. The molecule has 4 aromatic rings. The van der Waals surface area contributed by atoms with E-state index < -0.39 is 10.0 Å². The van der Waals surface area contributed by atoms with Crippen LogP contribution in [0.3, 0.4) is 0 Å². The van der Waals surface area contributed by atoms with E-state index in [9.17, 15) is 13.2 Å². The lowest BCUT2D eigenvalue weighted by molar-refractivity contribution is -0.140. The van der Waals surface area contributed by atoms with Gasteiger partial charge in [0.15, 0.2) is 0 Å². The highest BCUT2D eigenvalue weighted by molar-refractivity contribution is 7.92. The second kappa shape index (κ2) is 8.80. The summed E-state index contributed by atoms with van der Waals surface area (Å²) in [7, 11) is -2.59. The van der Waals surface area contributed by atoms with Crippen LogP contribution in [0.5, 0.6) is 0 Å². The number of fused-ring (bicyclic) bond motifs is 1. The van der Waals surface area contributed by atoms with Gasteiger partial charge in [-0.15, -0.1) is 0 Å². The second-order valence-electron chi connectivity index (χ2n) is 7.22. The number of carbonyl (C=O) groups excluding carboxylic acids is 1. The van der Waals surface area contributed by atoms with Gasteiger partial charge in [-0.25, -0.2) is 18.4 Å². The smallest absolute Gasteiger partial charge is 0.305 e. The molecule has 1 N–H and O–H groups in total. The molecule has 2 heterocycles. The Hall–Kier alpha value is -3.72. The Labute approximate surface area is 185 Å². The van der Waals surface area contributed by atoms with Gasteiger partial charge in [0, 0.05) is 29.8 Å². The maximum atomic E-state index is 13.3. The zero-order chi connectivity index (χ0) is 22.7. The Balaban J connectivity index is 1.92. The highest BCUT2D eigenvalue weighted by atomic mass is 32.2. The molecule has 164 valence electrons. The number of para-hydroxylation sites is 1. The zero-order valence-corrected chi connectivity index (χ0v) is 18.5. The summed E-state index contributed by atoms with van der Waals surface area (Å²) in [5.41, 5.74) is 2.34. The van der Waals surface area contributed by atoms with E-state index in [-0.39, 0.29) is 23.7 Å². The van der Waals surface area contributed by atoms with Crippen molar-refractivity contribution in [1.82, 2.24) is 14.5 Å². The van der Waals surface area contributed by atoms with Crippen LogP contribution in [0.25, 0.3) is 16.9 Å². The monoisotopic (exact) mass is 450 g/mol. The number of nitrogens with one attached hydrogen (secondary N) is 1. The Kier molecular flexibility index (Phi) is 5.91. The van der Waals surface area contributed by atoms with Crippen LogP contribution < -0.4 is 4.72 Å². The van der Waals surface area contributed by atoms with E-state index in [4.69, 9.17) is 4.74 Å². The molecular weight excluding hydrogens is 428 g/mol. The number of esters is 1. The van der Waals surface area contributed by atoms with Crippen molar-refractivity contribution in [3.8, 4) is 5.95 Å². The molecule has 32 heavy (non-hydrogen) atoms. The summed E-state index contributed by atoms with van der Waals surface area (Å²) < 4.78 is 35.7. The maximum Gasteiger partial charge on any atom is 0.305 e. The van der Waals surface area contributed by atoms with Crippen LogP contribution in [-0.4, -0.2) is 36.0 Å². The number of nitrogens with zero attached hydrogens (tertiary/aromatic N) is 3. The number of hydrogen-bond donors (Lipinski definition) is 1. The van der Waals surface area contributed by atoms with Crippen molar-refractivity contribution in [1.29, 1.82) is 0 Å². The largest absolute Gasteiger partial charge is 0.469 e. The molecule has 0 unspecified atom stereocenters. The summed E-state index contributed by atoms with van der Waals surface area (Å²) in [6.45, 7) is 1.89. The molecule has 0 aliphatic carbocycles. The summed E-state index contributed by atoms with van der Waals surface area (Å²) in [5.74, 6) is 0.224. The third-order valence-corrected chi connectivity index (χ3v) is 6.46. The topological polar surface area (TPSA) is 103 Å². The van der Waals surface area contributed by atoms with Gasteiger partial charge in [-0.2, -0.15) is 0 Å². The van der Waals surface area contributed by atoms with Crippen molar-refractivity contribution in [2.45, 2.75) is 24.7 Å². The third-order valence-electron chi connectivity index (χ3n) is 5.10. The molecule has 4 rings (SSSR count). The summed E-state index contributed by atoms with van der Waals surface area (Å²) >= 11 is 0. The SMILES string of the molecule is COC(=O)CCc1c(NS(=O)(=O)c2ccc(C)cc2)n(-c2ncccn2)c2ccccc12. The molecule has 0 saturated heterocycles. The molecule has 0 fully saturated rings. The number of aryl methyl sites for hydroxylation is 2. The quantitative estimate of drug-likeness (QED) is 0.431. The number of hydrogen-bond acceptors (Lipinski definition) is 6. The maximum absolute atomic E-state index is 13.3. The number of benzene rings is 2. The van der Waals surface area contributed by atoms with Gasteiger partial charge in [-0.05, 0) is 37.6 Å². The molecule has 9 heteroatoms. The zero-order valence-electron chi connectivity index (χ0n) is 17.6. The van der Waals surface area contributed by atoms with Crippen molar-refractivity contribution in [2.24, 2.45) is 0 Å². The highest BCUT2D eigenvalue weighted by Gasteiger charge is 2.25. The number of carbonyl (C=O) groups is 1. The van der Waals surface area contributed by atoms with Crippen LogP contribution in [-0.2, 0) is 26.0 Å². The fraction of sp³-hybridized carbons (Fsp3) is 0.174. The minimum atomic E-state index is -3.92. The molecule has 2 aromatic carbocycles. The average molecular weight is 451 g/mol. The lowest BCUT2D eigenvalue weighted by atomic mass is 10.1. The minimum Gasteiger partial charge on any atom is -0.469 e. The molecular formula is C23H22N4O4S. The summed E-state index contributed by atoms with van der Waals surface area (Å²) in [4.78, 5) is 20.6. The molecule has 0 atom stereocenters. The number of ether oxygens (including phenoxy) is 1. The molecule has 8 nitrogen and oxygen atoms in total. The van der Waals surface area contributed by atoms with Crippen molar-refractivity contribution < 1.29 is 17.9 Å². The van der Waals surface area contributed by atoms with Gasteiger partial charge in [-0.1, -0.05) is 35.9 Å². The van der Waals surface area contributed by atoms with Gasteiger partial charge in [0.1, 0.15) is 5.82 Å². The fourth-order valence-electron chi connectivity index (χ4n) is 3.51. The first-order chi connectivity index (χ1) is 15.4. The lowest BCUT2D eigenvalue weighted by Crippen LogP contribution is -2.17. The molecule has 2 aromatic heterocycles. The molecule has 0 spiro atoms. The lowest BCUT2D eigenvalue weighted by Gasteiger charge is -2.14. The molecule has 0 aliphatic rings. The van der Waals surface area contributed by atoms with Crippen molar-refractivity contribution >= 4 is 32.7 Å². The summed E-state index contributed by atoms with van der Waals surface area (Å²) in [5, 5.41) is 0.797. The standard InChI is InChI=1S/C23H22N4O4S/c1-16-8-10-17(11-9-16)32(29,30)26-22-19(12-13-21(28)31-2)18-6-3-4-7-20(18)27(22)23-24-14-5-15-25-23/h3-11,14-15,26H,12-13H2,1-2H3. The molecule has 0 saturated carbocycles. The van der Waals surface area contributed by atoms with E-state index in [1.165, 1.54) is 7.11 Å². The molecule has 0 aliphatic heterocycles. The van der Waals surface area contributed by atoms with E-state index in [0.29, 0.717) is 17.3 Å². The van der Waals surface area contributed by atoms with Gasteiger partial charge in [-0.3, -0.25) is 14.1 Å². The number of anilines is 1. The van der Waals surface area contributed by atoms with Crippen molar-refractivity contribution in [3.63, 3.8) is 0 Å². The van der Waals surface area contributed by atoms with Crippen LogP contribution in [0.15, 0.2) is 71.9 Å². The van der Waals surface area contributed by atoms with E-state index in [0.717, 1.165) is 16.5 Å². The van der Waals surface area contributed by atoms with Gasteiger partial charge < -0.3 is 4.74 Å². The number of methoxy groups -OCH3 is 1. The highest BCUT2D eigenvalue weighted by Crippen LogP contribution is 2.34. The van der Waals surface area contributed by atoms with Crippen LogP contribution in [0.2, 0.25) is 0 Å². The van der Waals surface area contributed by atoms with Gasteiger partial charge in [0.2, 0.25) is 5.95 Å². The van der Waals surface area contributed by atoms with E-state index in [2.05, 4.69) is 14.7 Å². The third kappa shape index (κ3) is 4.19. The van der Waals surface area contributed by atoms with E-state index in [1.54, 1.807) is 47.3 Å². The molecule has 0 bridgehead atoms. The second-order valence-corrected chi connectivity index (χ2v) is 8.91. The van der Waals surface area contributed by atoms with Crippen LogP contribution in [0.4, 0.5) is 5.82 Å². The first-order valence-electron chi connectivity index (χ1n) is 9.97. The first kappa shape index (κ1) is 21.5. The van der Waals surface area contributed by atoms with Crippen LogP contribution >= 0.6 is 0 Å². The number of sulfonamides is 1. The molecule has 0 radical (unpaired) electrons. The van der Waals surface area contributed by atoms with Crippen molar-refractivity contribution in [3.05, 3.63) is 78.1 Å². The van der Waals surface area contributed by atoms with Gasteiger partial charge >= 0.3 is 5.97 Å². The summed E-state index contributed by atoms with van der Waals surface area (Å²) in [6, 6.07) is 15.7. The predicted octanol–water partition coefficient (Wildman–Crippen LogP) is 3.64.